The van der Waals surface area contributed by atoms with Gasteiger partial charge in [-0.2, -0.15) is 0 Å². The largest absolute Gasteiger partial charge is 0.478 e. The van der Waals surface area contributed by atoms with Crippen molar-refractivity contribution in [2.75, 3.05) is 19.8 Å². The van der Waals surface area contributed by atoms with Crippen LogP contribution in [0.1, 0.15) is 26.7 Å². The summed E-state index contributed by atoms with van der Waals surface area (Å²) in [6, 6.07) is 6.71. The van der Waals surface area contributed by atoms with Gasteiger partial charge in [-0.1, -0.05) is 17.3 Å². The number of nitrogens with zero attached hydrogens (tertiary/aromatic N) is 1. The number of carbonyl (C=O) groups is 1. The third kappa shape index (κ3) is 4.73. The van der Waals surface area contributed by atoms with Crippen molar-refractivity contribution < 1.29 is 23.2 Å². The smallest absolute Gasteiger partial charge is 0.439 e. The fourth-order valence-electron chi connectivity index (χ4n) is 2.77. The molecule has 3 rings (SSSR count). The van der Waals surface area contributed by atoms with Gasteiger partial charge in [0.25, 0.3) is 5.91 Å². The average Bonchev–Trinajstić information content (AvgIpc) is 3.07. The van der Waals surface area contributed by atoms with Crippen molar-refractivity contribution in [2.45, 2.75) is 38.0 Å². The van der Waals surface area contributed by atoms with Gasteiger partial charge in [-0.15, -0.1) is 0 Å². The highest BCUT2D eigenvalue weighted by molar-refractivity contribution is 5.84. The van der Waals surface area contributed by atoms with E-state index in [0.717, 1.165) is 0 Å². The molecule has 1 aliphatic heterocycles. The van der Waals surface area contributed by atoms with Crippen molar-refractivity contribution in [3.63, 3.8) is 0 Å². The number of halogens is 1. The van der Waals surface area contributed by atoms with Gasteiger partial charge < -0.3 is 14.8 Å². The topological polar surface area (TPSA) is 106 Å². The van der Waals surface area contributed by atoms with Crippen LogP contribution in [0.15, 0.2) is 33.6 Å². The number of rotatable bonds is 6. The summed E-state index contributed by atoms with van der Waals surface area (Å²) in [7, 11) is 0. The van der Waals surface area contributed by atoms with E-state index in [9.17, 15) is 14.0 Å². The number of alkyl halides is 1. The number of carbonyl (C=O) groups excluding carboxylic acids is 1. The summed E-state index contributed by atoms with van der Waals surface area (Å²) in [4.78, 5) is 26.0. The van der Waals surface area contributed by atoms with E-state index in [2.05, 4.69) is 20.0 Å². The van der Waals surface area contributed by atoms with E-state index in [1.807, 2.05) is 0 Å². The molecule has 2 heterocycles. The van der Waals surface area contributed by atoms with Gasteiger partial charge in [0, 0.05) is 31.6 Å². The summed E-state index contributed by atoms with van der Waals surface area (Å²) in [6.07, 6.45) is 0.513. The first-order valence-corrected chi connectivity index (χ1v) is 8.68. The minimum absolute atomic E-state index is 0.0812. The number of aromatic nitrogens is 2. The molecule has 8 nitrogen and oxygen atoms in total. The summed E-state index contributed by atoms with van der Waals surface area (Å²) in [5, 5.41) is 6.25. The lowest BCUT2D eigenvalue weighted by molar-refractivity contribution is -0.135. The predicted octanol–water partition coefficient (Wildman–Crippen LogP) is 1.82. The maximum absolute atomic E-state index is 14.6. The molecule has 0 saturated carbocycles. The zero-order valence-corrected chi connectivity index (χ0v) is 15.2. The van der Waals surface area contributed by atoms with E-state index in [4.69, 9.17) is 9.47 Å². The van der Waals surface area contributed by atoms with E-state index < -0.39 is 22.9 Å². The molecule has 1 aromatic heterocycles. The number of amides is 1. The van der Waals surface area contributed by atoms with Gasteiger partial charge in [0.2, 0.25) is 0 Å². The SMILES string of the molecule is CC(C)(Oc1cccc(-c2noc(=O)[nH]2)c1)C(=O)NCC1(F)CCOCC1. The Balaban J connectivity index is 1.64. The van der Waals surface area contributed by atoms with Crippen LogP contribution >= 0.6 is 0 Å². The summed E-state index contributed by atoms with van der Waals surface area (Å²) >= 11 is 0. The molecule has 1 saturated heterocycles. The molecule has 1 aromatic carbocycles. The van der Waals surface area contributed by atoms with Crippen molar-refractivity contribution in [1.29, 1.82) is 0 Å². The first-order chi connectivity index (χ1) is 12.8. The predicted molar refractivity (Wildman–Crippen MR) is 94.2 cm³/mol. The maximum Gasteiger partial charge on any atom is 0.439 e. The van der Waals surface area contributed by atoms with Crippen LogP contribution in [0.2, 0.25) is 0 Å². The Labute approximate surface area is 155 Å². The van der Waals surface area contributed by atoms with Gasteiger partial charge in [-0.05, 0) is 26.0 Å². The molecule has 2 aromatic rings. The lowest BCUT2D eigenvalue weighted by atomic mass is 9.96. The number of hydrogen-bond donors (Lipinski definition) is 2. The lowest BCUT2D eigenvalue weighted by Crippen LogP contribution is -2.51. The first kappa shape index (κ1) is 19.1. The monoisotopic (exact) mass is 379 g/mol. The Hall–Kier alpha value is -2.68. The van der Waals surface area contributed by atoms with Crippen molar-refractivity contribution in [1.82, 2.24) is 15.5 Å². The normalized spacial score (nSPS) is 16.7. The van der Waals surface area contributed by atoms with E-state index in [1.54, 1.807) is 38.1 Å². The molecule has 1 amide bonds. The van der Waals surface area contributed by atoms with Gasteiger partial charge in [0.05, 0.1) is 6.54 Å². The van der Waals surface area contributed by atoms with Gasteiger partial charge in [-0.25, -0.2) is 9.18 Å². The van der Waals surface area contributed by atoms with Crippen LogP contribution in [-0.4, -0.2) is 47.1 Å². The zero-order chi connectivity index (χ0) is 19.5. The summed E-state index contributed by atoms with van der Waals surface area (Å²) in [6.45, 7) is 3.82. The second-order valence-electron chi connectivity index (χ2n) is 7.03. The highest BCUT2D eigenvalue weighted by atomic mass is 19.1. The van der Waals surface area contributed by atoms with Crippen LogP contribution in [0, 0.1) is 0 Å². The van der Waals surface area contributed by atoms with E-state index in [0.29, 0.717) is 24.5 Å². The van der Waals surface area contributed by atoms with Crippen LogP contribution in [0.5, 0.6) is 5.75 Å². The molecule has 0 spiro atoms. The number of hydrogen-bond acceptors (Lipinski definition) is 6. The van der Waals surface area contributed by atoms with Crippen LogP contribution in [-0.2, 0) is 9.53 Å². The highest BCUT2D eigenvalue weighted by Crippen LogP contribution is 2.26. The van der Waals surface area contributed by atoms with E-state index >= 15 is 0 Å². The third-order valence-electron chi connectivity index (χ3n) is 4.42. The summed E-state index contributed by atoms with van der Waals surface area (Å²) in [5.74, 6) is -0.431. The summed E-state index contributed by atoms with van der Waals surface area (Å²) < 4.78 is 30.0. The molecular weight excluding hydrogens is 357 g/mol. The fraction of sp³-hybridized carbons (Fsp3) is 0.500. The molecule has 0 unspecified atom stereocenters. The third-order valence-corrected chi connectivity index (χ3v) is 4.42. The molecule has 27 heavy (non-hydrogen) atoms. The first-order valence-electron chi connectivity index (χ1n) is 8.68. The highest BCUT2D eigenvalue weighted by Gasteiger charge is 2.36. The van der Waals surface area contributed by atoms with Crippen LogP contribution in [0.4, 0.5) is 4.39 Å². The summed E-state index contributed by atoms with van der Waals surface area (Å²) in [5.41, 5.74) is -2.11. The van der Waals surface area contributed by atoms with Crippen molar-refractivity contribution in [2.24, 2.45) is 0 Å². The molecule has 0 radical (unpaired) electrons. The minimum Gasteiger partial charge on any atom is -0.478 e. The Bertz CT molecular complexity index is 854. The van der Waals surface area contributed by atoms with Crippen molar-refractivity contribution in [3.8, 4) is 17.1 Å². The standard InChI is InChI=1S/C18H22FN3O5/c1-17(2,15(23)20-11-18(19)6-8-25-9-7-18)26-13-5-3-4-12(10-13)14-21-16(24)27-22-14/h3-5,10H,6-9,11H2,1-2H3,(H,20,23)(H,21,22,24). The zero-order valence-electron chi connectivity index (χ0n) is 15.2. The maximum atomic E-state index is 14.6. The van der Waals surface area contributed by atoms with Gasteiger partial charge in [-0.3, -0.25) is 14.3 Å². The molecule has 0 bridgehead atoms. The molecule has 0 aliphatic carbocycles. The Morgan fingerprint density at radius 2 is 2.15 bits per heavy atom. The molecular formula is C18H22FN3O5. The van der Waals surface area contributed by atoms with Gasteiger partial charge in [0.15, 0.2) is 11.4 Å². The van der Waals surface area contributed by atoms with Crippen LogP contribution < -0.4 is 15.8 Å². The molecule has 9 heteroatoms. The Morgan fingerprint density at radius 1 is 1.41 bits per heavy atom. The second kappa shape index (κ2) is 7.51. The van der Waals surface area contributed by atoms with Gasteiger partial charge in [0.1, 0.15) is 11.4 Å². The fourth-order valence-corrected chi connectivity index (χ4v) is 2.77. The Kier molecular flexibility index (Phi) is 5.31. The van der Waals surface area contributed by atoms with Gasteiger partial charge >= 0.3 is 5.76 Å². The molecule has 0 atom stereocenters. The molecule has 146 valence electrons. The Morgan fingerprint density at radius 3 is 2.81 bits per heavy atom. The van der Waals surface area contributed by atoms with E-state index in [1.165, 1.54) is 0 Å². The molecule has 1 aliphatic rings. The van der Waals surface area contributed by atoms with Crippen molar-refractivity contribution in [3.05, 3.63) is 34.8 Å². The molecule has 2 N–H and O–H groups in total. The number of H-pyrrole nitrogens is 1. The van der Waals surface area contributed by atoms with Crippen molar-refractivity contribution >= 4 is 5.91 Å². The number of aromatic amines is 1. The number of benzene rings is 1. The molecule has 1 fully saturated rings. The minimum atomic E-state index is -1.46. The number of ether oxygens (including phenoxy) is 2. The quantitative estimate of drug-likeness (QED) is 0.793. The lowest BCUT2D eigenvalue weighted by Gasteiger charge is -2.31. The van der Waals surface area contributed by atoms with Crippen LogP contribution in [0.25, 0.3) is 11.4 Å². The number of nitrogens with one attached hydrogen (secondary N) is 2. The second-order valence-corrected chi connectivity index (χ2v) is 7.03. The van der Waals surface area contributed by atoms with Crippen LogP contribution in [0.3, 0.4) is 0 Å². The van der Waals surface area contributed by atoms with E-state index in [-0.39, 0.29) is 25.2 Å². The average molecular weight is 379 g/mol.